The lowest BCUT2D eigenvalue weighted by Gasteiger charge is -2.29. The number of ether oxygens (including phenoxy) is 2. The molecule has 11 heteroatoms. The first-order valence-electron chi connectivity index (χ1n) is 14.1. The number of rotatable bonds is 9. The highest BCUT2D eigenvalue weighted by molar-refractivity contribution is 7.14. The van der Waals surface area contributed by atoms with E-state index in [0.29, 0.717) is 42.1 Å². The second-order valence-corrected chi connectivity index (χ2v) is 12.3. The van der Waals surface area contributed by atoms with Crippen molar-refractivity contribution in [3.63, 3.8) is 0 Å². The summed E-state index contributed by atoms with van der Waals surface area (Å²) in [6.07, 6.45) is 5.67. The lowest BCUT2D eigenvalue weighted by Crippen LogP contribution is -2.40. The largest absolute Gasteiger partial charge is 0.488 e. The summed E-state index contributed by atoms with van der Waals surface area (Å²) in [6.45, 7) is 2.70. The van der Waals surface area contributed by atoms with Gasteiger partial charge in [-0.25, -0.2) is 9.97 Å². The fourth-order valence-electron chi connectivity index (χ4n) is 5.68. The maximum absolute atomic E-state index is 13.9. The predicted molar refractivity (Wildman–Crippen MR) is 159 cm³/mol. The molecule has 216 valence electrons. The number of hydrogen-bond donors (Lipinski definition) is 1. The smallest absolute Gasteiger partial charge is 0.304 e. The minimum atomic E-state index is -0.955. The topological polar surface area (TPSA) is 105 Å². The Labute approximate surface area is 248 Å². The Kier molecular flexibility index (Phi) is 8.14. The Morgan fingerprint density at radius 2 is 1.98 bits per heavy atom. The molecule has 41 heavy (non-hydrogen) atoms. The number of fused-ring (bicyclic) bond motifs is 1. The van der Waals surface area contributed by atoms with Crippen LogP contribution in [-0.4, -0.2) is 66.4 Å². The van der Waals surface area contributed by atoms with Gasteiger partial charge in [0.05, 0.1) is 18.7 Å². The molecule has 3 aromatic rings. The number of carboxylic acid groups (broad SMARTS) is 1. The minimum absolute atomic E-state index is 0.0466. The van der Waals surface area contributed by atoms with Crippen molar-refractivity contribution < 1.29 is 24.2 Å². The number of aromatic nitrogens is 2. The molecule has 1 amide bonds. The van der Waals surface area contributed by atoms with E-state index in [9.17, 15) is 14.7 Å². The standard InChI is InChI=1S/C30H33ClN4O5S/c1-34-8-11-40-26-13-20(16-32-28(26)34)23-5-2-21(31)15-24(23)25-17-41-30(33-25)35(22-3-4-22)29(38)19(14-27(36)37)12-18-6-9-39-10-7-18/h2,5,13,15-19,22H,3-4,6-12,14H2,1H3,(H,36,37)/t19-/m1/s1. The quantitative estimate of drug-likeness (QED) is 0.333. The van der Waals surface area contributed by atoms with Crippen molar-refractivity contribution in [1.29, 1.82) is 0 Å². The average molecular weight is 597 g/mol. The van der Waals surface area contributed by atoms with E-state index >= 15 is 0 Å². The van der Waals surface area contributed by atoms with Gasteiger partial charge in [-0.3, -0.25) is 14.5 Å². The zero-order valence-electron chi connectivity index (χ0n) is 22.9. The average Bonchev–Trinajstić information content (AvgIpc) is 3.68. The van der Waals surface area contributed by atoms with Crippen LogP contribution in [0.3, 0.4) is 0 Å². The molecular weight excluding hydrogens is 564 g/mol. The number of anilines is 2. The van der Waals surface area contributed by atoms with Gasteiger partial charge in [0.2, 0.25) is 5.91 Å². The van der Waals surface area contributed by atoms with Crippen LogP contribution in [0.25, 0.3) is 22.4 Å². The molecule has 2 aromatic heterocycles. The molecule has 6 rings (SSSR count). The van der Waals surface area contributed by atoms with Gasteiger partial charge in [0.15, 0.2) is 16.7 Å². The van der Waals surface area contributed by atoms with Crippen molar-refractivity contribution >= 4 is 45.8 Å². The number of carbonyl (C=O) groups is 2. The Hall–Kier alpha value is -3.21. The number of thiazole rings is 1. The van der Waals surface area contributed by atoms with Crippen LogP contribution in [0.15, 0.2) is 35.8 Å². The third-order valence-corrected chi connectivity index (χ3v) is 9.10. The van der Waals surface area contributed by atoms with E-state index in [0.717, 1.165) is 60.5 Å². The molecule has 1 atom stereocenters. The van der Waals surface area contributed by atoms with Crippen LogP contribution < -0.4 is 14.5 Å². The first kappa shape index (κ1) is 27.9. The van der Waals surface area contributed by atoms with Gasteiger partial charge in [0, 0.05) is 59.9 Å². The summed E-state index contributed by atoms with van der Waals surface area (Å²) >= 11 is 7.85. The van der Waals surface area contributed by atoms with Gasteiger partial charge in [-0.15, -0.1) is 11.3 Å². The van der Waals surface area contributed by atoms with Crippen LogP contribution in [-0.2, 0) is 14.3 Å². The summed E-state index contributed by atoms with van der Waals surface area (Å²) in [5.74, 6) is 0.132. The zero-order chi connectivity index (χ0) is 28.5. The summed E-state index contributed by atoms with van der Waals surface area (Å²) in [4.78, 5) is 39.1. The third-order valence-electron chi connectivity index (χ3n) is 8.02. The van der Waals surface area contributed by atoms with Crippen molar-refractivity contribution in [2.45, 2.75) is 44.6 Å². The van der Waals surface area contributed by atoms with Crippen LogP contribution in [0.1, 0.15) is 38.5 Å². The van der Waals surface area contributed by atoms with Gasteiger partial charge >= 0.3 is 5.97 Å². The van der Waals surface area contributed by atoms with Gasteiger partial charge in [-0.2, -0.15) is 0 Å². The van der Waals surface area contributed by atoms with Gasteiger partial charge in [0.25, 0.3) is 0 Å². The number of halogens is 1. The van der Waals surface area contributed by atoms with Crippen LogP contribution >= 0.6 is 22.9 Å². The van der Waals surface area contributed by atoms with E-state index in [-0.39, 0.29) is 24.3 Å². The SMILES string of the molecule is CN1CCOc2cc(-c3ccc(Cl)cc3-c3csc(N(C(=O)[C@@H](CC(=O)O)CC4CCOCC4)C4CC4)n3)cnc21. The van der Waals surface area contributed by atoms with Crippen molar-refractivity contribution in [3.8, 4) is 28.1 Å². The summed E-state index contributed by atoms with van der Waals surface area (Å²) < 4.78 is 11.4. The molecule has 1 N–H and O–H groups in total. The van der Waals surface area contributed by atoms with Gasteiger partial charge in [-0.1, -0.05) is 17.7 Å². The monoisotopic (exact) mass is 596 g/mol. The number of pyridine rings is 1. The van der Waals surface area contributed by atoms with E-state index < -0.39 is 11.9 Å². The Bertz CT molecular complexity index is 1440. The number of likely N-dealkylation sites (N-methyl/N-ethyl adjacent to an activating group) is 1. The second kappa shape index (κ2) is 12.0. The summed E-state index contributed by atoms with van der Waals surface area (Å²) in [5.41, 5.74) is 3.33. The van der Waals surface area contributed by atoms with Crippen molar-refractivity contribution in [3.05, 3.63) is 40.9 Å². The molecule has 1 aromatic carbocycles. The molecular formula is C30H33ClN4O5S. The molecule has 9 nitrogen and oxygen atoms in total. The van der Waals surface area contributed by atoms with Crippen LogP contribution in [0.2, 0.25) is 5.02 Å². The number of aliphatic carboxylic acids is 1. The molecule has 3 aliphatic rings. The van der Waals surface area contributed by atoms with Crippen LogP contribution in [0.5, 0.6) is 5.75 Å². The Morgan fingerprint density at radius 3 is 2.73 bits per heavy atom. The zero-order valence-corrected chi connectivity index (χ0v) is 24.5. The Balaban J connectivity index is 1.31. The second-order valence-electron chi connectivity index (χ2n) is 11.0. The van der Waals surface area contributed by atoms with E-state index in [1.165, 1.54) is 11.3 Å². The number of benzene rings is 1. The third kappa shape index (κ3) is 6.19. The fourth-order valence-corrected chi connectivity index (χ4v) is 6.75. The molecule has 2 aliphatic heterocycles. The van der Waals surface area contributed by atoms with Gasteiger partial charge in [-0.05, 0) is 61.8 Å². The highest BCUT2D eigenvalue weighted by Gasteiger charge is 2.40. The molecule has 0 unspecified atom stereocenters. The number of carbonyl (C=O) groups excluding carboxylic acids is 1. The minimum Gasteiger partial charge on any atom is -0.488 e. The first-order chi connectivity index (χ1) is 19.9. The predicted octanol–water partition coefficient (Wildman–Crippen LogP) is 5.76. The number of hydrogen-bond acceptors (Lipinski definition) is 8. The normalized spacial score (nSPS) is 18.0. The number of nitrogens with zero attached hydrogens (tertiary/aromatic N) is 4. The summed E-state index contributed by atoms with van der Waals surface area (Å²) in [5, 5.41) is 12.7. The first-order valence-corrected chi connectivity index (χ1v) is 15.4. The Morgan fingerprint density at radius 1 is 1.17 bits per heavy atom. The molecule has 0 bridgehead atoms. The molecule has 1 saturated carbocycles. The lowest BCUT2D eigenvalue weighted by atomic mass is 9.86. The number of carboxylic acids is 1. The van der Waals surface area contributed by atoms with Gasteiger partial charge < -0.3 is 19.5 Å². The molecule has 0 spiro atoms. The molecule has 0 radical (unpaired) electrons. The lowest BCUT2D eigenvalue weighted by molar-refractivity contribution is -0.141. The number of amides is 1. The highest BCUT2D eigenvalue weighted by Crippen LogP contribution is 2.42. The maximum atomic E-state index is 13.9. The fraction of sp³-hybridized carbons (Fsp3) is 0.467. The van der Waals surface area contributed by atoms with Crippen LogP contribution in [0.4, 0.5) is 10.9 Å². The van der Waals surface area contributed by atoms with Crippen molar-refractivity contribution in [2.75, 3.05) is 43.2 Å². The highest BCUT2D eigenvalue weighted by atomic mass is 35.5. The van der Waals surface area contributed by atoms with E-state index in [2.05, 4.69) is 9.88 Å². The van der Waals surface area contributed by atoms with E-state index in [1.54, 1.807) is 4.90 Å². The van der Waals surface area contributed by atoms with Crippen molar-refractivity contribution in [2.24, 2.45) is 11.8 Å². The molecule has 1 aliphatic carbocycles. The van der Waals surface area contributed by atoms with Crippen LogP contribution in [0, 0.1) is 11.8 Å². The summed E-state index contributed by atoms with van der Waals surface area (Å²) in [7, 11) is 2.00. The molecule has 4 heterocycles. The van der Waals surface area contributed by atoms with Gasteiger partial charge in [0.1, 0.15) is 6.61 Å². The summed E-state index contributed by atoms with van der Waals surface area (Å²) in [6, 6.07) is 7.71. The maximum Gasteiger partial charge on any atom is 0.304 e. The van der Waals surface area contributed by atoms with E-state index in [4.69, 9.17) is 26.1 Å². The van der Waals surface area contributed by atoms with Crippen molar-refractivity contribution in [1.82, 2.24) is 9.97 Å². The molecule has 1 saturated heterocycles. The molecule has 2 fully saturated rings. The van der Waals surface area contributed by atoms with E-state index in [1.807, 2.05) is 42.9 Å².